The predicted molar refractivity (Wildman–Crippen MR) is 241 cm³/mol. The summed E-state index contributed by atoms with van der Waals surface area (Å²) < 4.78 is 0. The van der Waals surface area contributed by atoms with Crippen molar-refractivity contribution in [3.05, 3.63) is 174 Å². The van der Waals surface area contributed by atoms with Crippen molar-refractivity contribution >= 4 is 27.8 Å². The predicted octanol–water partition coefficient (Wildman–Crippen LogP) is 15.9. The van der Waals surface area contributed by atoms with Crippen LogP contribution in [0.2, 0.25) is 0 Å². The first-order chi connectivity index (χ1) is 28.0. The van der Waals surface area contributed by atoms with Crippen LogP contribution in [-0.4, -0.2) is 0 Å². The van der Waals surface area contributed by atoms with Gasteiger partial charge >= 0.3 is 0 Å². The minimum absolute atomic E-state index is 0.148. The molecule has 0 aliphatic heterocycles. The summed E-state index contributed by atoms with van der Waals surface area (Å²) in [4.78, 5) is 2.57. The molecule has 7 aromatic rings. The van der Waals surface area contributed by atoms with E-state index in [2.05, 4.69) is 170 Å². The van der Waals surface area contributed by atoms with E-state index in [9.17, 15) is 0 Å². The lowest BCUT2D eigenvalue weighted by Gasteiger charge is -2.30. The average Bonchev–Trinajstić information content (AvgIpc) is 3.97. The second kappa shape index (κ2) is 13.9. The topological polar surface area (TPSA) is 3.24 Å². The fourth-order valence-electron chi connectivity index (χ4n) is 11.7. The summed E-state index contributed by atoms with van der Waals surface area (Å²) in [6.07, 6.45) is 12.4. The quantitative estimate of drug-likeness (QED) is 0.157. The van der Waals surface area contributed by atoms with E-state index >= 15 is 0 Å². The molecule has 3 atom stereocenters. The van der Waals surface area contributed by atoms with Gasteiger partial charge in [0, 0.05) is 22.2 Å². The Morgan fingerprint density at radius 2 is 1.25 bits per heavy atom. The van der Waals surface area contributed by atoms with Crippen LogP contribution in [0.3, 0.4) is 0 Å². The molecule has 7 aromatic carbocycles. The van der Waals surface area contributed by atoms with E-state index in [4.69, 9.17) is 0 Å². The summed E-state index contributed by atoms with van der Waals surface area (Å²) in [7, 11) is 0. The molecule has 1 heteroatoms. The fourth-order valence-corrected chi connectivity index (χ4v) is 11.7. The molecule has 4 aliphatic carbocycles. The van der Waals surface area contributed by atoms with Gasteiger partial charge in [-0.15, -0.1) is 0 Å². The molecule has 4 aliphatic rings. The molecule has 0 radical (unpaired) electrons. The number of hydrogen-bond acceptors (Lipinski definition) is 1. The Balaban J connectivity index is 1.03. The highest BCUT2D eigenvalue weighted by molar-refractivity contribution is 6.00. The summed E-state index contributed by atoms with van der Waals surface area (Å²) in [6.45, 7) is 4.85. The zero-order valence-electron chi connectivity index (χ0n) is 33.6. The molecule has 0 spiro atoms. The average molecular weight is 740 g/mol. The molecule has 0 saturated heterocycles. The molecular formula is C56H53N. The fraction of sp³-hybridized carbons (Fsp3) is 0.286. The van der Waals surface area contributed by atoms with Crippen molar-refractivity contribution in [1.82, 2.24) is 0 Å². The van der Waals surface area contributed by atoms with E-state index in [-0.39, 0.29) is 5.41 Å². The first-order valence-electron chi connectivity index (χ1n) is 21.9. The second-order valence-corrected chi connectivity index (χ2v) is 18.3. The SMILES string of the molecule is CC1(C)c2cc(N(c3ccc(C4CC5CCC4C5)cc3)c3cccc4ccc(C5CCCCC5)cc34)ccc2-c2c(-c3ccc(-c4ccccc4)cc3)cccc21. The van der Waals surface area contributed by atoms with E-state index in [0.717, 1.165) is 17.8 Å². The van der Waals surface area contributed by atoms with Crippen LogP contribution in [-0.2, 0) is 5.41 Å². The Labute approximate surface area is 339 Å². The van der Waals surface area contributed by atoms with Crippen LogP contribution < -0.4 is 4.90 Å². The van der Waals surface area contributed by atoms with Crippen LogP contribution in [0.5, 0.6) is 0 Å². The minimum atomic E-state index is -0.148. The van der Waals surface area contributed by atoms with Gasteiger partial charge in [-0.05, 0) is 153 Å². The molecule has 1 nitrogen and oxygen atoms in total. The lowest BCUT2D eigenvalue weighted by atomic mass is 9.81. The molecule has 0 heterocycles. The molecule has 0 amide bonds. The third-order valence-corrected chi connectivity index (χ3v) is 14.8. The van der Waals surface area contributed by atoms with Gasteiger partial charge in [0.1, 0.15) is 0 Å². The Morgan fingerprint density at radius 1 is 0.509 bits per heavy atom. The van der Waals surface area contributed by atoms with Gasteiger partial charge in [0.15, 0.2) is 0 Å². The van der Waals surface area contributed by atoms with Gasteiger partial charge in [-0.1, -0.05) is 155 Å². The number of nitrogens with zero attached hydrogens (tertiary/aromatic N) is 1. The largest absolute Gasteiger partial charge is 0.310 e. The molecule has 3 saturated carbocycles. The number of fused-ring (bicyclic) bond motifs is 6. The van der Waals surface area contributed by atoms with E-state index in [1.807, 2.05) is 0 Å². The Bertz CT molecular complexity index is 2590. The lowest BCUT2D eigenvalue weighted by Crippen LogP contribution is -2.17. The van der Waals surface area contributed by atoms with Gasteiger partial charge in [-0.3, -0.25) is 0 Å². The van der Waals surface area contributed by atoms with Crippen LogP contribution >= 0.6 is 0 Å². The maximum atomic E-state index is 2.57. The molecule has 11 rings (SSSR count). The molecule has 0 N–H and O–H groups in total. The summed E-state index contributed by atoms with van der Waals surface area (Å²) in [5.74, 6) is 3.21. The van der Waals surface area contributed by atoms with Crippen molar-refractivity contribution in [2.45, 2.75) is 88.9 Å². The van der Waals surface area contributed by atoms with Crippen molar-refractivity contribution in [3.8, 4) is 33.4 Å². The first-order valence-corrected chi connectivity index (χ1v) is 21.9. The molecule has 3 unspecified atom stereocenters. The Hall–Kier alpha value is -5.40. The highest BCUT2D eigenvalue weighted by Gasteiger charge is 2.40. The Kier molecular flexibility index (Phi) is 8.50. The zero-order chi connectivity index (χ0) is 38.1. The zero-order valence-corrected chi connectivity index (χ0v) is 33.6. The van der Waals surface area contributed by atoms with E-state index in [1.165, 1.54) is 136 Å². The van der Waals surface area contributed by atoms with Crippen molar-refractivity contribution in [1.29, 1.82) is 0 Å². The van der Waals surface area contributed by atoms with Crippen LogP contribution in [0.15, 0.2) is 152 Å². The molecule has 2 bridgehead atoms. The number of anilines is 3. The molecular weight excluding hydrogens is 687 g/mol. The van der Waals surface area contributed by atoms with Crippen LogP contribution in [0.1, 0.15) is 106 Å². The highest BCUT2D eigenvalue weighted by Crippen LogP contribution is 2.55. The summed E-state index contributed by atoms with van der Waals surface area (Å²) in [5, 5.41) is 2.66. The molecule has 57 heavy (non-hydrogen) atoms. The summed E-state index contributed by atoms with van der Waals surface area (Å²) >= 11 is 0. The van der Waals surface area contributed by atoms with E-state index in [0.29, 0.717) is 5.92 Å². The van der Waals surface area contributed by atoms with Crippen molar-refractivity contribution in [2.75, 3.05) is 4.90 Å². The smallest absolute Gasteiger partial charge is 0.0540 e. The number of hydrogen-bond donors (Lipinski definition) is 0. The Morgan fingerprint density at radius 3 is 2.02 bits per heavy atom. The lowest BCUT2D eigenvalue weighted by molar-refractivity contribution is 0.420. The number of rotatable bonds is 7. The van der Waals surface area contributed by atoms with E-state index < -0.39 is 0 Å². The van der Waals surface area contributed by atoms with Crippen molar-refractivity contribution in [2.24, 2.45) is 11.8 Å². The van der Waals surface area contributed by atoms with Crippen molar-refractivity contribution in [3.63, 3.8) is 0 Å². The highest BCUT2D eigenvalue weighted by atomic mass is 15.1. The van der Waals surface area contributed by atoms with Crippen LogP contribution in [0, 0.1) is 11.8 Å². The maximum absolute atomic E-state index is 2.57. The van der Waals surface area contributed by atoms with Crippen LogP contribution in [0.4, 0.5) is 17.1 Å². The first kappa shape index (κ1) is 34.8. The third-order valence-electron chi connectivity index (χ3n) is 14.8. The molecule has 3 fully saturated rings. The number of benzene rings is 7. The van der Waals surface area contributed by atoms with Gasteiger partial charge in [-0.25, -0.2) is 0 Å². The molecule has 282 valence electrons. The maximum Gasteiger partial charge on any atom is 0.0540 e. The van der Waals surface area contributed by atoms with Gasteiger partial charge in [0.05, 0.1) is 5.69 Å². The summed E-state index contributed by atoms with van der Waals surface area (Å²) in [5.41, 5.74) is 17.2. The summed E-state index contributed by atoms with van der Waals surface area (Å²) in [6, 6.07) is 58.2. The normalized spacial score (nSPS) is 20.8. The second-order valence-electron chi connectivity index (χ2n) is 18.3. The van der Waals surface area contributed by atoms with Gasteiger partial charge in [0.25, 0.3) is 0 Å². The third kappa shape index (κ3) is 5.96. The van der Waals surface area contributed by atoms with Gasteiger partial charge < -0.3 is 4.90 Å². The van der Waals surface area contributed by atoms with Gasteiger partial charge in [0.2, 0.25) is 0 Å². The van der Waals surface area contributed by atoms with Gasteiger partial charge in [-0.2, -0.15) is 0 Å². The minimum Gasteiger partial charge on any atom is -0.310 e. The van der Waals surface area contributed by atoms with Crippen LogP contribution in [0.25, 0.3) is 44.2 Å². The van der Waals surface area contributed by atoms with E-state index in [1.54, 1.807) is 5.56 Å². The monoisotopic (exact) mass is 739 g/mol. The standard InChI is InChI=1S/C56H53N/c1-56(2)52-17-10-16-48(42-23-21-40(22-24-42)38-11-5-3-6-12-38)55(52)49-32-31-47(36-53(49)56)57(46-29-27-43(28-30-46)50-34-37-19-20-45(50)33-37)54-18-9-15-41-25-26-44(35-51(41)54)39-13-7-4-8-14-39/h3,5-6,9-12,15-18,21-32,35-37,39,45,50H,4,7-8,13-14,19-20,33-34H2,1-2H3. The molecule has 0 aromatic heterocycles. The van der Waals surface area contributed by atoms with Crippen molar-refractivity contribution < 1.29 is 0 Å².